The molecule has 0 radical (unpaired) electrons. The van der Waals surface area contributed by atoms with E-state index in [-0.39, 0.29) is 0 Å². The first kappa shape index (κ1) is 16.3. The number of nitrogens with one attached hydrogen (secondary N) is 1. The van der Waals surface area contributed by atoms with Gasteiger partial charge in [-0.05, 0) is 51.6 Å². The Kier molecular flexibility index (Phi) is 5.49. The van der Waals surface area contributed by atoms with Gasteiger partial charge in [-0.25, -0.2) is 0 Å². The molecule has 0 aromatic rings. The molecule has 2 aliphatic heterocycles. The van der Waals surface area contributed by atoms with Crippen LogP contribution in [-0.2, 0) is 0 Å². The lowest BCUT2D eigenvalue weighted by atomic mass is 9.88. The second-order valence-corrected chi connectivity index (χ2v) is 7.81. The van der Waals surface area contributed by atoms with Gasteiger partial charge in [-0.2, -0.15) is 0 Å². The highest BCUT2D eigenvalue weighted by molar-refractivity contribution is 4.96. The summed E-state index contributed by atoms with van der Waals surface area (Å²) in [6.07, 6.45) is 4.02. The first-order valence-corrected chi connectivity index (χ1v) is 8.61. The number of likely N-dealkylation sites (tertiary alicyclic amines) is 1. The highest BCUT2D eigenvalue weighted by atomic mass is 15.3. The third kappa shape index (κ3) is 3.96. The van der Waals surface area contributed by atoms with E-state index in [1.165, 1.54) is 45.4 Å². The Morgan fingerprint density at radius 3 is 2.70 bits per heavy atom. The van der Waals surface area contributed by atoms with Crippen molar-refractivity contribution in [3.63, 3.8) is 0 Å². The fourth-order valence-corrected chi connectivity index (χ4v) is 3.95. The molecule has 0 aromatic carbocycles. The number of hydrogen-bond acceptors (Lipinski definition) is 3. The minimum Gasteiger partial charge on any atom is -0.309 e. The van der Waals surface area contributed by atoms with Crippen molar-refractivity contribution in [2.24, 2.45) is 11.8 Å². The van der Waals surface area contributed by atoms with Gasteiger partial charge in [-0.3, -0.25) is 4.90 Å². The van der Waals surface area contributed by atoms with Crippen molar-refractivity contribution in [1.82, 2.24) is 15.1 Å². The Morgan fingerprint density at radius 1 is 1.35 bits per heavy atom. The molecule has 0 aliphatic carbocycles. The molecule has 0 spiro atoms. The van der Waals surface area contributed by atoms with Gasteiger partial charge in [0.15, 0.2) is 0 Å². The van der Waals surface area contributed by atoms with Crippen LogP contribution < -0.4 is 5.32 Å². The van der Waals surface area contributed by atoms with Crippen LogP contribution >= 0.6 is 0 Å². The molecule has 3 nitrogen and oxygen atoms in total. The Morgan fingerprint density at radius 2 is 2.10 bits per heavy atom. The average molecular weight is 281 g/mol. The van der Waals surface area contributed by atoms with E-state index in [0.717, 1.165) is 18.4 Å². The number of piperidine rings is 1. The number of hydrogen-bond donors (Lipinski definition) is 1. The summed E-state index contributed by atoms with van der Waals surface area (Å²) in [6, 6.07) is 0.710. The third-order valence-corrected chi connectivity index (χ3v) is 5.52. The fourth-order valence-electron chi connectivity index (χ4n) is 3.95. The van der Waals surface area contributed by atoms with E-state index in [4.69, 9.17) is 0 Å². The van der Waals surface area contributed by atoms with Gasteiger partial charge in [-0.15, -0.1) is 0 Å². The maximum absolute atomic E-state index is 3.80. The summed E-state index contributed by atoms with van der Waals surface area (Å²) in [7, 11) is 2.28. The van der Waals surface area contributed by atoms with Crippen molar-refractivity contribution in [3.05, 3.63) is 0 Å². The molecule has 2 fully saturated rings. The molecule has 20 heavy (non-hydrogen) atoms. The van der Waals surface area contributed by atoms with Crippen LogP contribution in [0, 0.1) is 11.8 Å². The highest BCUT2D eigenvalue weighted by Crippen LogP contribution is 2.25. The van der Waals surface area contributed by atoms with E-state index in [1.807, 2.05) is 0 Å². The largest absolute Gasteiger partial charge is 0.309 e. The Bertz CT molecular complexity index is 305. The molecule has 118 valence electrons. The van der Waals surface area contributed by atoms with E-state index in [9.17, 15) is 0 Å². The van der Waals surface area contributed by atoms with E-state index in [0.29, 0.717) is 11.6 Å². The van der Waals surface area contributed by atoms with E-state index < -0.39 is 0 Å². The van der Waals surface area contributed by atoms with Crippen LogP contribution in [0.15, 0.2) is 0 Å². The SMILES string of the molecule is CCC1(C)CN(CC2CCCN(C)C2)C(C(C)C)CN1. The summed E-state index contributed by atoms with van der Waals surface area (Å²) in [5.74, 6) is 1.61. The standard InChI is InChI=1S/C17H35N3/c1-6-17(4)13-20(16(10-18-17)14(2)3)12-15-8-7-9-19(5)11-15/h14-16,18H,6-13H2,1-5H3. The Balaban J connectivity index is 1.99. The van der Waals surface area contributed by atoms with Crippen LogP contribution in [0.3, 0.4) is 0 Å². The topological polar surface area (TPSA) is 18.5 Å². The molecule has 0 saturated carbocycles. The highest BCUT2D eigenvalue weighted by Gasteiger charge is 2.36. The van der Waals surface area contributed by atoms with Gasteiger partial charge in [-0.1, -0.05) is 20.8 Å². The molecule has 3 unspecified atom stereocenters. The molecule has 3 heteroatoms. The van der Waals surface area contributed by atoms with Crippen LogP contribution in [0.2, 0.25) is 0 Å². The summed E-state index contributed by atoms with van der Waals surface area (Å²) in [6.45, 7) is 15.7. The monoisotopic (exact) mass is 281 g/mol. The number of piperazine rings is 1. The Labute approximate surface area is 126 Å². The zero-order valence-electron chi connectivity index (χ0n) is 14.3. The van der Waals surface area contributed by atoms with Gasteiger partial charge in [0.1, 0.15) is 0 Å². The first-order valence-electron chi connectivity index (χ1n) is 8.61. The van der Waals surface area contributed by atoms with E-state index >= 15 is 0 Å². The maximum Gasteiger partial charge on any atom is 0.0278 e. The normalized spacial score (nSPS) is 37.5. The van der Waals surface area contributed by atoms with Crippen molar-refractivity contribution < 1.29 is 0 Å². The first-order chi connectivity index (χ1) is 9.43. The smallest absolute Gasteiger partial charge is 0.0278 e. The molecule has 2 rings (SSSR count). The van der Waals surface area contributed by atoms with E-state index in [2.05, 4.69) is 49.9 Å². The van der Waals surface area contributed by atoms with Crippen molar-refractivity contribution >= 4 is 0 Å². The molecule has 1 N–H and O–H groups in total. The van der Waals surface area contributed by atoms with E-state index in [1.54, 1.807) is 0 Å². The lowest BCUT2D eigenvalue weighted by Gasteiger charge is -2.49. The summed E-state index contributed by atoms with van der Waals surface area (Å²) in [5.41, 5.74) is 0.311. The predicted molar refractivity (Wildman–Crippen MR) is 87.1 cm³/mol. The van der Waals surface area contributed by atoms with Crippen molar-refractivity contribution in [1.29, 1.82) is 0 Å². The fraction of sp³-hybridized carbons (Fsp3) is 1.00. The molecule has 0 bridgehead atoms. The van der Waals surface area contributed by atoms with Crippen LogP contribution in [0.5, 0.6) is 0 Å². The van der Waals surface area contributed by atoms with Gasteiger partial charge in [0.25, 0.3) is 0 Å². The molecular weight excluding hydrogens is 246 g/mol. The molecular formula is C17H35N3. The van der Waals surface area contributed by atoms with Gasteiger partial charge in [0, 0.05) is 37.8 Å². The van der Waals surface area contributed by atoms with Crippen molar-refractivity contribution in [3.8, 4) is 0 Å². The van der Waals surface area contributed by atoms with Gasteiger partial charge >= 0.3 is 0 Å². The third-order valence-electron chi connectivity index (χ3n) is 5.52. The minimum atomic E-state index is 0.311. The predicted octanol–water partition coefficient (Wildman–Crippen LogP) is 2.43. The zero-order chi connectivity index (χ0) is 14.8. The summed E-state index contributed by atoms with van der Waals surface area (Å²) in [5, 5.41) is 3.80. The Hall–Kier alpha value is -0.120. The lowest BCUT2D eigenvalue weighted by molar-refractivity contribution is 0.0356. The second-order valence-electron chi connectivity index (χ2n) is 7.81. The van der Waals surface area contributed by atoms with Crippen LogP contribution in [-0.4, -0.2) is 61.2 Å². The van der Waals surface area contributed by atoms with Gasteiger partial charge in [0.05, 0.1) is 0 Å². The summed E-state index contributed by atoms with van der Waals surface area (Å²) < 4.78 is 0. The zero-order valence-corrected chi connectivity index (χ0v) is 14.3. The summed E-state index contributed by atoms with van der Waals surface area (Å²) in [4.78, 5) is 5.31. The maximum atomic E-state index is 3.80. The molecule has 3 atom stereocenters. The van der Waals surface area contributed by atoms with Gasteiger partial charge in [0.2, 0.25) is 0 Å². The quantitative estimate of drug-likeness (QED) is 0.854. The van der Waals surface area contributed by atoms with Crippen molar-refractivity contribution in [2.45, 2.75) is 58.5 Å². The molecule has 2 aliphatic rings. The lowest BCUT2D eigenvalue weighted by Crippen LogP contribution is -2.64. The molecule has 0 amide bonds. The average Bonchev–Trinajstić information content (AvgIpc) is 2.38. The number of nitrogens with zero attached hydrogens (tertiary/aromatic N) is 2. The number of rotatable bonds is 4. The molecule has 0 aromatic heterocycles. The molecule has 2 heterocycles. The van der Waals surface area contributed by atoms with Crippen molar-refractivity contribution in [2.75, 3.05) is 39.8 Å². The van der Waals surface area contributed by atoms with Crippen LogP contribution in [0.1, 0.15) is 47.0 Å². The molecule has 2 saturated heterocycles. The summed E-state index contributed by atoms with van der Waals surface area (Å²) >= 11 is 0. The van der Waals surface area contributed by atoms with Gasteiger partial charge < -0.3 is 10.2 Å². The van der Waals surface area contributed by atoms with Crippen LogP contribution in [0.4, 0.5) is 0 Å². The second kappa shape index (κ2) is 6.76. The minimum absolute atomic E-state index is 0.311. The van der Waals surface area contributed by atoms with Crippen LogP contribution in [0.25, 0.3) is 0 Å².